The van der Waals surface area contributed by atoms with Gasteiger partial charge in [-0.25, -0.2) is 4.98 Å². The summed E-state index contributed by atoms with van der Waals surface area (Å²) in [4.78, 5) is 28.2. The second kappa shape index (κ2) is 4.85. The maximum absolute atomic E-state index is 12.0. The van der Waals surface area contributed by atoms with Gasteiger partial charge >= 0.3 is 0 Å². The molecule has 1 aliphatic heterocycles. The first-order chi connectivity index (χ1) is 7.81. The molecule has 5 heteroatoms. The molecule has 1 fully saturated rings. The summed E-state index contributed by atoms with van der Waals surface area (Å²) < 4.78 is 5.16. The molecule has 0 bridgehead atoms. The first kappa shape index (κ1) is 10.8. The largest absolute Gasteiger partial charge is 0.378 e. The number of ether oxygens (including phenoxy) is 1. The fourth-order valence-electron chi connectivity index (χ4n) is 1.56. The van der Waals surface area contributed by atoms with E-state index < -0.39 is 0 Å². The molecule has 16 heavy (non-hydrogen) atoms. The molecule has 1 aromatic rings. The number of amides is 1. The average molecular weight is 220 g/mol. The number of rotatable bonds is 2. The Morgan fingerprint density at radius 1 is 1.38 bits per heavy atom. The van der Waals surface area contributed by atoms with Crippen molar-refractivity contribution in [2.75, 3.05) is 26.3 Å². The third-order valence-corrected chi connectivity index (χ3v) is 2.41. The smallest absolute Gasteiger partial charge is 0.272 e. The van der Waals surface area contributed by atoms with Crippen molar-refractivity contribution in [2.45, 2.75) is 0 Å². The summed E-state index contributed by atoms with van der Waals surface area (Å²) in [6.45, 7) is 2.26. The van der Waals surface area contributed by atoms with E-state index in [9.17, 15) is 9.59 Å². The number of morpholine rings is 1. The number of carbonyl (C=O) groups is 2. The predicted molar refractivity (Wildman–Crippen MR) is 56.3 cm³/mol. The highest BCUT2D eigenvalue weighted by molar-refractivity contribution is 5.93. The zero-order valence-corrected chi connectivity index (χ0v) is 8.76. The highest BCUT2D eigenvalue weighted by atomic mass is 16.5. The predicted octanol–water partition coefficient (Wildman–Crippen LogP) is 0.367. The van der Waals surface area contributed by atoms with Crippen molar-refractivity contribution in [3.05, 3.63) is 29.6 Å². The Labute approximate surface area is 93.0 Å². The van der Waals surface area contributed by atoms with Crippen LogP contribution in [-0.2, 0) is 4.74 Å². The van der Waals surface area contributed by atoms with Gasteiger partial charge in [0.05, 0.1) is 13.2 Å². The first-order valence-corrected chi connectivity index (χ1v) is 5.10. The molecule has 0 unspecified atom stereocenters. The van der Waals surface area contributed by atoms with Crippen LogP contribution in [-0.4, -0.2) is 48.4 Å². The van der Waals surface area contributed by atoms with Crippen LogP contribution in [0.1, 0.15) is 21.0 Å². The van der Waals surface area contributed by atoms with Crippen LogP contribution in [0.4, 0.5) is 0 Å². The Bertz CT molecular complexity index is 400. The van der Waals surface area contributed by atoms with Gasteiger partial charge in [0.2, 0.25) is 0 Å². The summed E-state index contributed by atoms with van der Waals surface area (Å²) in [6.07, 6.45) is 0.635. The molecule has 0 aliphatic carbocycles. The van der Waals surface area contributed by atoms with Crippen molar-refractivity contribution < 1.29 is 14.3 Å². The number of nitrogens with zero attached hydrogens (tertiary/aromatic N) is 2. The molecular weight excluding hydrogens is 208 g/mol. The number of carbonyl (C=O) groups excluding carboxylic acids is 2. The van der Waals surface area contributed by atoms with Crippen LogP contribution in [0.5, 0.6) is 0 Å². The van der Waals surface area contributed by atoms with Crippen molar-refractivity contribution in [3.8, 4) is 0 Å². The lowest BCUT2D eigenvalue weighted by molar-refractivity contribution is 0.0299. The lowest BCUT2D eigenvalue weighted by Gasteiger charge is -2.26. The van der Waals surface area contributed by atoms with E-state index in [1.54, 1.807) is 23.1 Å². The van der Waals surface area contributed by atoms with E-state index in [4.69, 9.17) is 4.74 Å². The maximum atomic E-state index is 12.0. The van der Waals surface area contributed by atoms with E-state index >= 15 is 0 Å². The van der Waals surface area contributed by atoms with Gasteiger partial charge in [-0.05, 0) is 12.1 Å². The molecule has 0 spiro atoms. The van der Waals surface area contributed by atoms with Crippen molar-refractivity contribution in [3.63, 3.8) is 0 Å². The van der Waals surface area contributed by atoms with Crippen LogP contribution in [0.25, 0.3) is 0 Å². The van der Waals surface area contributed by atoms with E-state index in [1.165, 1.54) is 0 Å². The summed E-state index contributed by atoms with van der Waals surface area (Å²) in [5.41, 5.74) is 0.589. The van der Waals surface area contributed by atoms with Gasteiger partial charge in [-0.1, -0.05) is 6.07 Å². The van der Waals surface area contributed by atoms with Gasteiger partial charge in [-0.2, -0.15) is 0 Å². The van der Waals surface area contributed by atoms with E-state index in [0.29, 0.717) is 38.3 Å². The fourth-order valence-corrected chi connectivity index (χ4v) is 1.56. The standard InChI is InChI=1S/C11H12N2O3/c14-8-9-2-1-3-10(12-9)11(15)13-4-6-16-7-5-13/h1-3,8H,4-7H2. The van der Waals surface area contributed by atoms with Crippen molar-refractivity contribution in [1.29, 1.82) is 0 Å². The number of pyridine rings is 1. The van der Waals surface area contributed by atoms with Gasteiger partial charge in [0, 0.05) is 13.1 Å². The van der Waals surface area contributed by atoms with Crippen molar-refractivity contribution in [2.24, 2.45) is 0 Å². The quantitative estimate of drug-likeness (QED) is 0.675. The van der Waals surface area contributed by atoms with Gasteiger partial charge < -0.3 is 9.64 Å². The minimum absolute atomic E-state index is 0.146. The number of aldehydes is 1. The van der Waals surface area contributed by atoms with Crippen molar-refractivity contribution >= 4 is 12.2 Å². The van der Waals surface area contributed by atoms with E-state index in [0.717, 1.165) is 0 Å². The minimum Gasteiger partial charge on any atom is -0.378 e. The van der Waals surface area contributed by atoms with Crippen LogP contribution < -0.4 is 0 Å². The molecule has 0 radical (unpaired) electrons. The molecule has 2 heterocycles. The van der Waals surface area contributed by atoms with Gasteiger partial charge in [0.25, 0.3) is 5.91 Å². The van der Waals surface area contributed by atoms with Crippen molar-refractivity contribution in [1.82, 2.24) is 9.88 Å². The summed E-state index contributed by atoms with van der Waals surface area (Å²) in [5.74, 6) is -0.146. The van der Waals surface area contributed by atoms with E-state index in [-0.39, 0.29) is 11.6 Å². The summed E-state index contributed by atoms with van der Waals surface area (Å²) in [7, 11) is 0. The van der Waals surface area contributed by atoms with Crippen LogP contribution in [0.15, 0.2) is 18.2 Å². The van der Waals surface area contributed by atoms with Crippen LogP contribution >= 0.6 is 0 Å². The Morgan fingerprint density at radius 3 is 2.81 bits per heavy atom. The molecule has 0 N–H and O–H groups in total. The minimum atomic E-state index is -0.146. The van der Waals surface area contributed by atoms with Crippen LogP contribution in [0, 0.1) is 0 Å². The molecule has 2 rings (SSSR count). The molecule has 5 nitrogen and oxygen atoms in total. The zero-order valence-electron chi connectivity index (χ0n) is 8.76. The summed E-state index contributed by atoms with van der Waals surface area (Å²) in [5, 5.41) is 0. The SMILES string of the molecule is O=Cc1cccc(C(=O)N2CCOCC2)n1. The molecule has 1 aliphatic rings. The lowest BCUT2D eigenvalue weighted by Crippen LogP contribution is -2.41. The molecule has 0 atom stereocenters. The monoisotopic (exact) mass is 220 g/mol. The Kier molecular flexibility index (Phi) is 3.26. The molecule has 0 saturated carbocycles. The highest BCUT2D eigenvalue weighted by Gasteiger charge is 2.19. The average Bonchev–Trinajstić information content (AvgIpc) is 2.39. The molecule has 0 aromatic carbocycles. The molecule has 84 valence electrons. The van der Waals surface area contributed by atoms with Gasteiger partial charge in [-0.3, -0.25) is 9.59 Å². The highest BCUT2D eigenvalue weighted by Crippen LogP contribution is 2.05. The Hall–Kier alpha value is -1.75. The van der Waals surface area contributed by atoms with E-state index in [2.05, 4.69) is 4.98 Å². The maximum Gasteiger partial charge on any atom is 0.272 e. The van der Waals surface area contributed by atoms with Crippen LogP contribution in [0.3, 0.4) is 0 Å². The molecule has 1 saturated heterocycles. The third-order valence-electron chi connectivity index (χ3n) is 2.41. The van der Waals surface area contributed by atoms with Gasteiger partial charge in [0.15, 0.2) is 6.29 Å². The lowest BCUT2D eigenvalue weighted by atomic mass is 10.2. The normalized spacial score (nSPS) is 15.9. The molecule has 1 amide bonds. The van der Waals surface area contributed by atoms with Gasteiger partial charge in [-0.15, -0.1) is 0 Å². The third kappa shape index (κ3) is 2.25. The second-order valence-corrected chi connectivity index (χ2v) is 3.47. The molecular formula is C11H12N2O3. The zero-order chi connectivity index (χ0) is 11.4. The number of hydrogen-bond acceptors (Lipinski definition) is 4. The second-order valence-electron chi connectivity index (χ2n) is 3.47. The molecule has 1 aromatic heterocycles. The van der Waals surface area contributed by atoms with Crippen LogP contribution in [0.2, 0.25) is 0 Å². The summed E-state index contributed by atoms with van der Waals surface area (Å²) >= 11 is 0. The topological polar surface area (TPSA) is 59.5 Å². The Morgan fingerprint density at radius 2 is 2.12 bits per heavy atom. The number of hydrogen-bond donors (Lipinski definition) is 0. The first-order valence-electron chi connectivity index (χ1n) is 5.10. The van der Waals surface area contributed by atoms with E-state index in [1.807, 2.05) is 0 Å². The summed E-state index contributed by atoms with van der Waals surface area (Å²) in [6, 6.07) is 4.85. The number of aromatic nitrogens is 1. The fraction of sp³-hybridized carbons (Fsp3) is 0.364. The van der Waals surface area contributed by atoms with Gasteiger partial charge in [0.1, 0.15) is 11.4 Å². The Balaban J connectivity index is 2.15.